The Morgan fingerprint density at radius 3 is 1.07 bits per heavy atom. The molecule has 0 aliphatic heterocycles. The molecule has 0 rings (SSSR count). The molecule has 0 aromatic rings. The van der Waals surface area contributed by atoms with E-state index in [9.17, 15) is 13.7 Å². The number of hydrogen-bond acceptors (Lipinski definition) is 5. The van der Waals surface area contributed by atoms with E-state index < -0.39 is 23.5 Å². The van der Waals surface area contributed by atoms with Crippen LogP contribution in [0.15, 0.2) is 0 Å². The van der Waals surface area contributed by atoms with Gasteiger partial charge in [0.15, 0.2) is 0 Å². The van der Waals surface area contributed by atoms with E-state index in [1.54, 1.807) is 0 Å². The van der Waals surface area contributed by atoms with Crippen LogP contribution in [0.3, 0.4) is 0 Å². The number of hydrogen-bond donors (Lipinski definition) is 5. The molecule has 0 amide bonds. The van der Waals surface area contributed by atoms with Crippen molar-refractivity contribution in [2.45, 2.75) is 0 Å². The number of phosphoric acid groups is 3. The van der Waals surface area contributed by atoms with E-state index in [1.807, 2.05) is 0 Å². The van der Waals surface area contributed by atoms with Gasteiger partial charge in [0.1, 0.15) is 0 Å². The fourth-order valence-electron chi connectivity index (χ4n) is 0.284. The van der Waals surface area contributed by atoms with Gasteiger partial charge in [0, 0.05) is 39.9 Å². The van der Waals surface area contributed by atoms with Crippen LogP contribution >= 0.6 is 23.5 Å². The van der Waals surface area contributed by atoms with Crippen molar-refractivity contribution in [3.63, 3.8) is 0 Å². The van der Waals surface area contributed by atoms with Crippen molar-refractivity contribution in [2.75, 3.05) is 0 Å². The largest absolute Gasteiger partial charge is 0.490 e. The molecule has 0 radical (unpaired) electrons. The summed E-state index contributed by atoms with van der Waals surface area (Å²) >= 11 is 0. The number of rotatable bonds is 4. The van der Waals surface area contributed by atoms with E-state index in [0.717, 1.165) is 0 Å². The molecule has 14 heavy (non-hydrogen) atoms. The molecular formula is H5O10P3Th. The van der Waals surface area contributed by atoms with Crippen molar-refractivity contribution in [2.24, 2.45) is 0 Å². The van der Waals surface area contributed by atoms with Crippen molar-refractivity contribution in [3.05, 3.63) is 0 Å². The maximum absolute atomic E-state index is 10.4. The van der Waals surface area contributed by atoms with Gasteiger partial charge >= 0.3 is 23.5 Å². The van der Waals surface area contributed by atoms with Crippen molar-refractivity contribution < 1.29 is 86.7 Å². The third kappa shape index (κ3) is 11.8. The molecule has 0 saturated carbocycles. The molecule has 14 heteroatoms. The topological polar surface area (TPSA) is 171 Å². The molecule has 10 nitrogen and oxygen atoms in total. The Labute approximate surface area is 109 Å². The van der Waals surface area contributed by atoms with Crippen molar-refractivity contribution in [1.82, 2.24) is 0 Å². The average molecular weight is 490 g/mol. The summed E-state index contributed by atoms with van der Waals surface area (Å²) in [6.07, 6.45) is 0. The van der Waals surface area contributed by atoms with Crippen molar-refractivity contribution >= 4 is 23.5 Å². The molecule has 0 aromatic heterocycles. The van der Waals surface area contributed by atoms with E-state index in [-0.39, 0.29) is 39.9 Å². The minimum Gasteiger partial charge on any atom is -0.302 e. The van der Waals surface area contributed by atoms with E-state index in [2.05, 4.69) is 8.62 Å². The predicted molar refractivity (Wildman–Crippen MR) is 36.1 cm³/mol. The van der Waals surface area contributed by atoms with Crippen molar-refractivity contribution in [1.29, 1.82) is 0 Å². The third-order valence-corrected chi connectivity index (χ3v) is 3.77. The van der Waals surface area contributed by atoms with Gasteiger partial charge in [-0.2, -0.15) is 8.62 Å². The Morgan fingerprint density at radius 2 is 0.929 bits per heavy atom. The second-order valence-corrected chi connectivity index (χ2v) is 5.82. The molecule has 0 spiro atoms. The van der Waals surface area contributed by atoms with Gasteiger partial charge in [0.2, 0.25) is 0 Å². The normalized spacial score (nSPS) is 13.5. The van der Waals surface area contributed by atoms with Gasteiger partial charge in [-0.25, -0.2) is 13.7 Å². The van der Waals surface area contributed by atoms with Gasteiger partial charge in [-0.05, 0) is 0 Å². The van der Waals surface area contributed by atoms with Gasteiger partial charge < -0.3 is 24.5 Å². The van der Waals surface area contributed by atoms with E-state index in [1.165, 1.54) is 0 Å². The summed E-state index contributed by atoms with van der Waals surface area (Å²) in [5.74, 6) is 0. The summed E-state index contributed by atoms with van der Waals surface area (Å²) in [5.41, 5.74) is 0. The molecule has 0 saturated heterocycles. The van der Waals surface area contributed by atoms with Gasteiger partial charge in [0.25, 0.3) is 0 Å². The molecule has 0 aliphatic carbocycles. The van der Waals surface area contributed by atoms with Crippen LogP contribution in [-0.2, 0) is 22.3 Å². The van der Waals surface area contributed by atoms with Crippen LogP contribution in [0.1, 0.15) is 0 Å². The Kier molecular flexibility index (Phi) is 7.61. The summed E-state index contributed by atoms with van der Waals surface area (Å²) in [4.78, 5) is 40.2. The van der Waals surface area contributed by atoms with Crippen LogP contribution in [0.2, 0.25) is 0 Å². The van der Waals surface area contributed by atoms with E-state index >= 15 is 0 Å². The fourth-order valence-corrected chi connectivity index (χ4v) is 2.82. The Balaban J connectivity index is 0. The molecule has 0 aromatic carbocycles. The zero-order chi connectivity index (χ0) is 10.9. The predicted octanol–water partition coefficient (Wildman–Crippen LogP) is -0.695. The van der Waals surface area contributed by atoms with Crippen LogP contribution in [0.4, 0.5) is 0 Å². The standard InChI is InChI=1S/H5O10P3.Th/c1-11(2,3)9-13(7,8)10-12(4,5)6;/h(H,7,8)(H2,1,2,3)(H2,4,5,6);. The second-order valence-electron chi connectivity index (χ2n) is 1.61. The summed E-state index contributed by atoms with van der Waals surface area (Å²) in [6.45, 7) is 0. The molecule has 0 heterocycles. The zero-order valence-corrected chi connectivity index (χ0v) is 12.9. The molecule has 0 aliphatic rings. The summed E-state index contributed by atoms with van der Waals surface area (Å²) in [5, 5.41) is 0. The molecule has 84 valence electrons. The average Bonchev–Trinajstić information content (AvgIpc) is 1.43. The minimum absolute atomic E-state index is 0. The van der Waals surface area contributed by atoms with Gasteiger partial charge in [-0.15, -0.1) is 0 Å². The summed E-state index contributed by atoms with van der Waals surface area (Å²) in [6, 6.07) is 0. The fraction of sp³-hybridized carbons (Fsp3) is 0. The molecule has 0 atom stereocenters. The van der Waals surface area contributed by atoms with Crippen LogP contribution in [-0.4, -0.2) is 24.5 Å². The molecule has 0 fully saturated rings. The molecule has 5 N–H and O–H groups in total. The second kappa shape index (κ2) is 5.88. The minimum atomic E-state index is -5.46. The first-order valence-electron chi connectivity index (χ1n) is 2.28. The van der Waals surface area contributed by atoms with Crippen LogP contribution in [0.25, 0.3) is 0 Å². The van der Waals surface area contributed by atoms with Gasteiger partial charge in [-0.1, -0.05) is 0 Å². The first kappa shape index (κ1) is 18.1. The smallest absolute Gasteiger partial charge is 0.302 e. The van der Waals surface area contributed by atoms with Crippen molar-refractivity contribution in [3.8, 4) is 0 Å². The molecular weight excluding hydrogens is 485 g/mol. The van der Waals surface area contributed by atoms with Crippen LogP contribution in [0, 0.1) is 39.9 Å². The maximum atomic E-state index is 10.4. The maximum Gasteiger partial charge on any atom is 0.490 e. The van der Waals surface area contributed by atoms with E-state index in [4.69, 9.17) is 24.5 Å². The van der Waals surface area contributed by atoms with Gasteiger partial charge in [-0.3, -0.25) is 0 Å². The Morgan fingerprint density at radius 1 is 0.714 bits per heavy atom. The first-order valence-corrected chi connectivity index (χ1v) is 6.83. The third-order valence-electron chi connectivity index (χ3n) is 0.419. The zero-order valence-electron chi connectivity index (χ0n) is 6.12. The van der Waals surface area contributed by atoms with Crippen LogP contribution in [0.5, 0.6) is 0 Å². The molecule has 0 bridgehead atoms. The quantitative estimate of drug-likeness (QED) is 0.318. The molecule has 0 unspecified atom stereocenters. The monoisotopic (exact) mass is 490 g/mol. The SMILES string of the molecule is O=P(O)(O)OP(=O)(O)OP(=O)(O)O.[Th]. The van der Waals surface area contributed by atoms with Crippen LogP contribution < -0.4 is 0 Å². The Bertz CT molecular complexity index is 277. The van der Waals surface area contributed by atoms with Gasteiger partial charge in [0.05, 0.1) is 0 Å². The Hall–Kier alpha value is 1.73. The van der Waals surface area contributed by atoms with E-state index in [0.29, 0.717) is 0 Å². The first-order chi connectivity index (χ1) is 5.41. The summed E-state index contributed by atoms with van der Waals surface area (Å²) < 4.78 is 36.4. The summed E-state index contributed by atoms with van der Waals surface area (Å²) in [7, 11) is -16.2.